The molecule has 0 aliphatic carbocycles. The van der Waals surface area contributed by atoms with Crippen LogP contribution < -0.4 is 10.2 Å². The third-order valence-electron chi connectivity index (χ3n) is 4.11. The minimum atomic E-state index is -0.238. The monoisotopic (exact) mass is 344 g/mol. The first-order chi connectivity index (χ1) is 11.9. The van der Waals surface area contributed by atoms with E-state index in [1.165, 1.54) is 0 Å². The van der Waals surface area contributed by atoms with Crippen LogP contribution in [0.2, 0.25) is 0 Å². The third-order valence-corrected chi connectivity index (χ3v) is 4.11. The van der Waals surface area contributed by atoms with Crippen molar-refractivity contribution in [2.45, 2.75) is 20.0 Å². The number of urea groups is 1. The maximum atomic E-state index is 12.7. The summed E-state index contributed by atoms with van der Waals surface area (Å²) in [7, 11) is 3.81. The van der Waals surface area contributed by atoms with E-state index in [-0.39, 0.29) is 12.1 Å². The van der Waals surface area contributed by atoms with E-state index < -0.39 is 0 Å². The molecule has 25 heavy (non-hydrogen) atoms. The first-order valence-corrected chi connectivity index (χ1v) is 8.33. The summed E-state index contributed by atoms with van der Waals surface area (Å²) in [5, 5.41) is 2.96. The number of nitrogens with zero attached hydrogens (tertiary/aromatic N) is 3. The molecule has 1 aliphatic rings. The van der Waals surface area contributed by atoms with Crippen molar-refractivity contribution in [2.24, 2.45) is 0 Å². The van der Waals surface area contributed by atoms with Crippen LogP contribution >= 0.6 is 0 Å². The molecule has 1 saturated heterocycles. The number of amides is 2. The minimum absolute atomic E-state index is 0.162. The van der Waals surface area contributed by atoms with Crippen molar-refractivity contribution in [3.63, 3.8) is 0 Å². The number of carbonyl (C=O) groups is 1. The molecule has 0 bridgehead atoms. The van der Waals surface area contributed by atoms with Crippen molar-refractivity contribution in [1.29, 1.82) is 0 Å². The standard InChI is InChI=1S/C18H24N4O3/c1-12-5-7-14(17(19-12)21(3)4)20-18(23)22-9-10-24-16(11-22)15-8-6-13(2)25-15/h5-8,16H,9-11H2,1-4H3,(H,20,23)/t16-/m1/s1. The van der Waals surface area contributed by atoms with E-state index in [2.05, 4.69) is 10.3 Å². The summed E-state index contributed by atoms with van der Waals surface area (Å²) < 4.78 is 11.4. The molecule has 7 heteroatoms. The van der Waals surface area contributed by atoms with Gasteiger partial charge in [-0.15, -0.1) is 0 Å². The van der Waals surface area contributed by atoms with Gasteiger partial charge in [-0.2, -0.15) is 0 Å². The van der Waals surface area contributed by atoms with Crippen LogP contribution in [0.1, 0.15) is 23.3 Å². The van der Waals surface area contributed by atoms with Crippen LogP contribution in [0.25, 0.3) is 0 Å². The average Bonchev–Trinajstić information content (AvgIpc) is 3.03. The van der Waals surface area contributed by atoms with Gasteiger partial charge in [0.05, 0.1) is 18.8 Å². The van der Waals surface area contributed by atoms with Gasteiger partial charge in [-0.25, -0.2) is 9.78 Å². The van der Waals surface area contributed by atoms with Gasteiger partial charge in [-0.05, 0) is 38.1 Å². The van der Waals surface area contributed by atoms with E-state index in [9.17, 15) is 4.79 Å². The van der Waals surface area contributed by atoms with Crippen LogP contribution in [0.15, 0.2) is 28.7 Å². The molecular weight excluding hydrogens is 320 g/mol. The lowest BCUT2D eigenvalue weighted by molar-refractivity contribution is -0.0246. The summed E-state index contributed by atoms with van der Waals surface area (Å²) in [4.78, 5) is 20.8. The molecule has 0 radical (unpaired) electrons. The second-order valence-electron chi connectivity index (χ2n) is 6.40. The molecular formula is C18H24N4O3. The van der Waals surface area contributed by atoms with Gasteiger partial charge in [0.1, 0.15) is 17.6 Å². The highest BCUT2D eigenvalue weighted by molar-refractivity contribution is 5.92. The molecule has 134 valence electrons. The van der Waals surface area contributed by atoms with Gasteiger partial charge in [0, 0.05) is 26.3 Å². The third kappa shape index (κ3) is 3.93. The Morgan fingerprint density at radius 2 is 2.08 bits per heavy atom. The average molecular weight is 344 g/mol. The fraction of sp³-hybridized carbons (Fsp3) is 0.444. The Kier molecular flexibility index (Phi) is 4.94. The molecule has 2 amide bonds. The first kappa shape index (κ1) is 17.3. The lowest BCUT2D eigenvalue weighted by atomic mass is 10.2. The molecule has 2 aromatic rings. The lowest BCUT2D eigenvalue weighted by Gasteiger charge is -2.32. The van der Waals surface area contributed by atoms with Gasteiger partial charge < -0.3 is 24.3 Å². The van der Waals surface area contributed by atoms with Crippen molar-refractivity contribution in [2.75, 3.05) is 44.0 Å². The molecule has 1 atom stereocenters. The second kappa shape index (κ2) is 7.14. The van der Waals surface area contributed by atoms with E-state index >= 15 is 0 Å². The van der Waals surface area contributed by atoms with Crippen LogP contribution in [0.3, 0.4) is 0 Å². The molecule has 7 nitrogen and oxygen atoms in total. The zero-order valence-electron chi connectivity index (χ0n) is 15.1. The predicted molar refractivity (Wildman–Crippen MR) is 96.0 cm³/mol. The van der Waals surface area contributed by atoms with Crippen LogP contribution in [-0.2, 0) is 4.74 Å². The van der Waals surface area contributed by atoms with Crippen molar-refractivity contribution in [3.05, 3.63) is 41.5 Å². The molecule has 1 aliphatic heterocycles. The fourth-order valence-corrected chi connectivity index (χ4v) is 2.81. The number of hydrogen-bond donors (Lipinski definition) is 1. The highest BCUT2D eigenvalue weighted by Gasteiger charge is 2.28. The van der Waals surface area contributed by atoms with Crippen LogP contribution in [0.4, 0.5) is 16.3 Å². The van der Waals surface area contributed by atoms with E-state index in [4.69, 9.17) is 9.15 Å². The van der Waals surface area contributed by atoms with E-state index in [0.717, 1.165) is 23.0 Å². The summed E-state index contributed by atoms with van der Waals surface area (Å²) >= 11 is 0. The molecule has 1 N–H and O–H groups in total. The summed E-state index contributed by atoms with van der Waals surface area (Å²) in [5.74, 6) is 2.32. The van der Waals surface area contributed by atoms with Gasteiger partial charge in [0.2, 0.25) is 0 Å². The van der Waals surface area contributed by atoms with E-state index in [1.54, 1.807) is 4.90 Å². The number of aryl methyl sites for hydroxylation is 2. The van der Waals surface area contributed by atoms with Gasteiger partial charge >= 0.3 is 6.03 Å². The Morgan fingerprint density at radius 3 is 2.76 bits per heavy atom. The zero-order valence-corrected chi connectivity index (χ0v) is 15.1. The number of aromatic nitrogens is 1. The number of hydrogen-bond acceptors (Lipinski definition) is 5. The molecule has 0 aromatic carbocycles. The van der Waals surface area contributed by atoms with Gasteiger partial charge in [0.15, 0.2) is 5.82 Å². The Bertz CT molecular complexity index is 757. The van der Waals surface area contributed by atoms with Crippen molar-refractivity contribution >= 4 is 17.5 Å². The highest BCUT2D eigenvalue weighted by atomic mass is 16.5. The maximum Gasteiger partial charge on any atom is 0.322 e. The first-order valence-electron chi connectivity index (χ1n) is 8.33. The van der Waals surface area contributed by atoms with Gasteiger partial charge in [-0.1, -0.05) is 0 Å². The minimum Gasteiger partial charge on any atom is -0.464 e. The summed E-state index contributed by atoms with van der Waals surface area (Å²) in [6, 6.07) is 7.40. The van der Waals surface area contributed by atoms with Crippen LogP contribution in [-0.4, -0.2) is 49.7 Å². The van der Waals surface area contributed by atoms with Crippen molar-refractivity contribution in [3.8, 4) is 0 Å². The van der Waals surface area contributed by atoms with Crippen molar-refractivity contribution in [1.82, 2.24) is 9.88 Å². The molecule has 3 heterocycles. The fourth-order valence-electron chi connectivity index (χ4n) is 2.81. The molecule has 3 rings (SSSR count). The number of rotatable bonds is 3. The van der Waals surface area contributed by atoms with Gasteiger partial charge in [0.25, 0.3) is 0 Å². The molecule has 1 fully saturated rings. The maximum absolute atomic E-state index is 12.7. The number of anilines is 2. The number of carbonyl (C=O) groups excluding carboxylic acids is 1. The predicted octanol–water partition coefficient (Wildman–Crippen LogP) is 2.96. The quantitative estimate of drug-likeness (QED) is 0.927. The topological polar surface area (TPSA) is 70.8 Å². The number of morpholine rings is 1. The van der Waals surface area contributed by atoms with Crippen LogP contribution in [0, 0.1) is 13.8 Å². The zero-order chi connectivity index (χ0) is 18.0. The Labute approximate surface area is 147 Å². The largest absolute Gasteiger partial charge is 0.464 e. The number of furan rings is 1. The Morgan fingerprint density at radius 1 is 1.28 bits per heavy atom. The van der Waals surface area contributed by atoms with E-state index in [0.29, 0.717) is 25.4 Å². The number of nitrogens with one attached hydrogen (secondary N) is 1. The lowest BCUT2D eigenvalue weighted by Crippen LogP contribution is -2.44. The smallest absolute Gasteiger partial charge is 0.322 e. The SMILES string of the molecule is Cc1ccc(NC(=O)N2CCO[C@@H](c3ccc(C)o3)C2)c(N(C)C)n1. The Balaban J connectivity index is 1.71. The summed E-state index contributed by atoms with van der Waals surface area (Å²) in [5.41, 5.74) is 1.60. The number of pyridine rings is 1. The van der Waals surface area contributed by atoms with Gasteiger partial charge in [-0.3, -0.25) is 0 Å². The van der Waals surface area contributed by atoms with Crippen molar-refractivity contribution < 1.29 is 13.9 Å². The molecule has 0 saturated carbocycles. The normalized spacial score (nSPS) is 17.4. The number of ether oxygens (including phenoxy) is 1. The molecule has 2 aromatic heterocycles. The second-order valence-corrected chi connectivity index (χ2v) is 6.40. The molecule has 0 spiro atoms. The van der Waals surface area contributed by atoms with Crippen LogP contribution in [0.5, 0.6) is 0 Å². The summed E-state index contributed by atoms with van der Waals surface area (Å²) in [6.07, 6.45) is -0.238. The van der Waals surface area contributed by atoms with E-state index in [1.807, 2.05) is 57.1 Å². The molecule has 0 unspecified atom stereocenters. The Hall–Kier alpha value is -2.54. The summed E-state index contributed by atoms with van der Waals surface area (Å²) in [6.45, 7) is 5.29. The highest BCUT2D eigenvalue weighted by Crippen LogP contribution is 2.26.